The largest absolute Gasteiger partial charge is 0.481 e. The molecule has 2 amide bonds. The fourth-order valence-corrected chi connectivity index (χ4v) is 4.15. The molecule has 2 aromatic rings. The maximum Gasteiger partial charge on any atom is 0.315 e. The third-order valence-corrected chi connectivity index (χ3v) is 5.40. The van der Waals surface area contributed by atoms with E-state index in [-0.39, 0.29) is 19.0 Å². The highest BCUT2D eigenvalue weighted by molar-refractivity contribution is 7.11. The Morgan fingerprint density at radius 2 is 2.04 bits per heavy atom. The van der Waals surface area contributed by atoms with Gasteiger partial charge in [-0.2, -0.15) is 0 Å². The van der Waals surface area contributed by atoms with Crippen molar-refractivity contribution in [3.05, 3.63) is 51.5 Å². The number of nitrogens with zero attached hydrogens (tertiary/aromatic N) is 1. The maximum absolute atomic E-state index is 11.6. The lowest BCUT2D eigenvalue weighted by Crippen LogP contribution is -2.36. The standard InChI is InChI=1S/C18H21N3O3S/c22-17(23)8-9-19-18(24)20-11-16-21-14-7-6-13(10-15(14)25-16)12-4-2-1-3-5-12/h1-5,13H,6-11H2,(H,22,23)(H2,19,20,24). The summed E-state index contributed by atoms with van der Waals surface area (Å²) >= 11 is 1.66. The number of carbonyl (C=O) groups excluding carboxylic acids is 1. The van der Waals surface area contributed by atoms with Gasteiger partial charge < -0.3 is 15.7 Å². The van der Waals surface area contributed by atoms with Crippen molar-refractivity contribution >= 4 is 23.3 Å². The minimum absolute atomic E-state index is 0.0835. The van der Waals surface area contributed by atoms with Crippen molar-refractivity contribution in [2.75, 3.05) is 6.54 Å². The molecule has 132 valence electrons. The van der Waals surface area contributed by atoms with Crippen LogP contribution in [0.4, 0.5) is 4.79 Å². The monoisotopic (exact) mass is 359 g/mol. The molecule has 1 heterocycles. The number of aryl methyl sites for hydroxylation is 1. The number of hydrogen-bond donors (Lipinski definition) is 3. The predicted molar refractivity (Wildman–Crippen MR) is 95.8 cm³/mol. The fourth-order valence-electron chi connectivity index (χ4n) is 3.02. The van der Waals surface area contributed by atoms with Gasteiger partial charge in [-0.1, -0.05) is 30.3 Å². The zero-order valence-corrected chi connectivity index (χ0v) is 14.6. The summed E-state index contributed by atoms with van der Waals surface area (Å²) in [5.41, 5.74) is 2.53. The van der Waals surface area contributed by atoms with Gasteiger partial charge in [-0.15, -0.1) is 11.3 Å². The van der Waals surface area contributed by atoms with E-state index in [0.29, 0.717) is 12.5 Å². The molecule has 1 unspecified atom stereocenters. The molecular formula is C18H21N3O3S. The highest BCUT2D eigenvalue weighted by Crippen LogP contribution is 2.35. The summed E-state index contributed by atoms with van der Waals surface area (Å²) < 4.78 is 0. The molecular weight excluding hydrogens is 338 g/mol. The van der Waals surface area contributed by atoms with Gasteiger partial charge in [-0.25, -0.2) is 9.78 Å². The quantitative estimate of drug-likeness (QED) is 0.739. The van der Waals surface area contributed by atoms with E-state index in [0.717, 1.165) is 30.0 Å². The van der Waals surface area contributed by atoms with E-state index in [9.17, 15) is 9.59 Å². The average Bonchev–Trinajstić information content (AvgIpc) is 3.02. The molecule has 7 heteroatoms. The van der Waals surface area contributed by atoms with Crippen LogP contribution in [0, 0.1) is 0 Å². The molecule has 3 N–H and O–H groups in total. The molecule has 0 spiro atoms. The molecule has 0 saturated carbocycles. The molecule has 3 rings (SSSR count). The van der Waals surface area contributed by atoms with Gasteiger partial charge in [0.1, 0.15) is 5.01 Å². The Bertz CT molecular complexity index is 745. The van der Waals surface area contributed by atoms with Crippen LogP contribution < -0.4 is 10.6 Å². The summed E-state index contributed by atoms with van der Waals surface area (Å²) in [6.45, 7) is 0.487. The van der Waals surface area contributed by atoms with Crippen LogP contribution in [-0.2, 0) is 24.2 Å². The van der Waals surface area contributed by atoms with Crippen molar-refractivity contribution in [2.24, 2.45) is 0 Å². The van der Waals surface area contributed by atoms with Gasteiger partial charge in [-0.05, 0) is 30.7 Å². The first-order chi connectivity index (χ1) is 12.1. The number of amides is 2. The van der Waals surface area contributed by atoms with Crippen LogP contribution in [0.15, 0.2) is 30.3 Å². The number of fused-ring (bicyclic) bond motifs is 1. The molecule has 0 bridgehead atoms. The van der Waals surface area contributed by atoms with Crippen molar-refractivity contribution in [1.29, 1.82) is 0 Å². The minimum Gasteiger partial charge on any atom is -0.481 e. The zero-order chi connectivity index (χ0) is 17.6. The van der Waals surface area contributed by atoms with Crippen molar-refractivity contribution in [3.8, 4) is 0 Å². The van der Waals surface area contributed by atoms with Gasteiger partial charge >= 0.3 is 12.0 Å². The third-order valence-electron chi connectivity index (χ3n) is 4.28. The Balaban J connectivity index is 1.52. The minimum atomic E-state index is -0.930. The first-order valence-electron chi connectivity index (χ1n) is 8.37. The number of urea groups is 1. The summed E-state index contributed by atoms with van der Waals surface area (Å²) in [7, 11) is 0. The summed E-state index contributed by atoms with van der Waals surface area (Å²) in [5, 5.41) is 14.7. The molecule has 1 aromatic heterocycles. The number of carboxylic acids is 1. The number of hydrogen-bond acceptors (Lipinski definition) is 4. The summed E-state index contributed by atoms with van der Waals surface area (Å²) in [6.07, 6.45) is 2.99. The van der Waals surface area contributed by atoms with E-state index in [1.165, 1.54) is 10.4 Å². The van der Waals surface area contributed by atoms with Crippen LogP contribution in [0.1, 0.15) is 39.9 Å². The predicted octanol–water partition coefficient (Wildman–Crippen LogP) is 2.69. The smallest absolute Gasteiger partial charge is 0.315 e. The third kappa shape index (κ3) is 4.79. The molecule has 6 nitrogen and oxygen atoms in total. The highest BCUT2D eigenvalue weighted by atomic mass is 32.1. The van der Waals surface area contributed by atoms with Crippen LogP contribution >= 0.6 is 11.3 Å². The SMILES string of the molecule is O=C(O)CCNC(=O)NCc1nc2c(s1)CC(c1ccccc1)CC2. The number of benzene rings is 1. The highest BCUT2D eigenvalue weighted by Gasteiger charge is 2.23. The second-order valence-electron chi connectivity index (χ2n) is 6.08. The van der Waals surface area contributed by atoms with Crippen molar-refractivity contribution in [3.63, 3.8) is 0 Å². The lowest BCUT2D eigenvalue weighted by atomic mass is 9.85. The van der Waals surface area contributed by atoms with E-state index in [4.69, 9.17) is 5.11 Å². The summed E-state index contributed by atoms with van der Waals surface area (Å²) in [4.78, 5) is 28.0. The number of aromatic nitrogens is 1. The number of carboxylic acid groups (broad SMARTS) is 1. The number of nitrogens with one attached hydrogen (secondary N) is 2. The van der Waals surface area contributed by atoms with Gasteiger partial charge in [0.15, 0.2) is 0 Å². The normalized spacial score (nSPS) is 16.1. The van der Waals surface area contributed by atoms with E-state index in [2.05, 4.69) is 39.9 Å². The molecule has 1 aliphatic rings. The lowest BCUT2D eigenvalue weighted by molar-refractivity contribution is -0.136. The van der Waals surface area contributed by atoms with Gasteiger partial charge in [0.25, 0.3) is 0 Å². The summed E-state index contributed by atoms with van der Waals surface area (Å²) in [5.74, 6) is -0.393. The van der Waals surface area contributed by atoms with Crippen molar-refractivity contribution in [2.45, 2.75) is 38.1 Å². The average molecular weight is 359 g/mol. The van der Waals surface area contributed by atoms with Gasteiger partial charge in [0, 0.05) is 11.4 Å². The van der Waals surface area contributed by atoms with Crippen LogP contribution in [-0.4, -0.2) is 28.6 Å². The number of aliphatic carboxylic acids is 1. The fraction of sp³-hybridized carbons (Fsp3) is 0.389. The molecule has 1 aliphatic carbocycles. The van der Waals surface area contributed by atoms with Crippen LogP contribution in [0.3, 0.4) is 0 Å². The second kappa shape index (κ2) is 8.11. The lowest BCUT2D eigenvalue weighted by Gasteiger charge is -2.21. The van der Waals surface area contributed by atoms with E-state index < -0.39 is 5.97 Å². The first-order valence-corrected chi connectivity index (χ1v) is 9.19. The Labute approximate surface area is 150 Å². The maximum atomic E-state index is 11.6. The Morgan fingerprint density at radius 3 is 2.80 bits per heavy atom. The number of rotatable bonds is 6. The Morgan fingerprint density at radius 1 is 1.24 bits per heavy atom. The number of thiazole rings is 1. The topological polar surface area (TPSA) is 91.3 Å². The number of carbonyl (C=O) groups is 2. The van der Waals surface area contributed by atoms with Gasteiger partial charge in [0.2, 0.25) is 0 Å². The molecule has 0 saturated heterocycles. The van der Waals surface area contributed by atoms with Crippen LogP contribution in [0.5, 0.6) is 0 Å². The molecule has 0 radical (unpaired) electrons. The first kappa shape index (κ1) is 17.4. The molecule has 1 aromatic carbocycles. The molecule has 0 fully saturated rings. The Hall–Kier alpha value is -2.41. The molecule has 1 atom stereocenters. The van der Waals surface area contributed by atoms with E-state index in [1.54, 1.807) is 11.3 Å². The zero-order valence-electron chi connectivity index (χ0n) is 13.8. The van der Waals surface area contributed by atoms with E-state index in [1.807, 2.05) is 6.07 Å². The van der Waals surface area contributed by atoms with Gasteiger partial charge in [0.05, 0.1) is 18.7 Å². The molecule has 25 heavy (non-hydrogen) atoms. The Kier molecular flexibility index (Phi) is 5.65. The van der Waals surface area contributed by atoms with Crippen LogP contribution in [0.2, 0.25) is 0 Å². The van der Waals surface area contributed by atoms with E-state index >= 15 is 0 Å². The second-order valence-corrected chi connectivity index (χ2v) is 7.25. The molecule has 0 aliphatic heterocycles. The van der Waals surface area contributed by atoms with Gasteiger partial charge in [-0.3, -0.25) is 4.79 Å². The van der Waals surface area contributed by atoms with Crippen LogP contribution in [0.25, 0.3) is 0 Å². The summed E-state index contributed by atoms with van der Waals surface area (Å²) in [6, 6.07) is 10.2. The van der Waals surface area contributed by atoms with Crippen molar-refractivity contribution in [1.82, 2.24) is 15.6 Å². The van der Waals surface area contributed by atoms with Crippen molar-refractivity contribution < 1.29 is 14.7 Å².